The fourth-order valence-electron chi connectivity index (χ4n) is 3.15. The van der Waals surface area contributed by atoms with E-state index in [1.165, 1.54) is 24.5 Å². The molecule has 0 unspecified atom stereocenters. The summed E-state index contributed by atoms with van der Waals surface area (Å²) in [4.78, 5) is 16.9. The number of halogens is 1. The van der Waals surface area contributed by atoms with Crippen molar-refractivity contribution in [2.75, 3.05) is 7.11 Å². The van der Waals surface area contributed by atoms with E-state index < -0.39 is 5.91 Å². The Kier molecular flexibility index (Phi) is 6.49. The maximum Gasteiger partial charge on any atom is 0.251 e. The van der Waals surface area contributed by atoms with Crippen LogP contribution in [0.1, 0.15) is 21.1 Å². The Bertz CT molecular complexity index is 1370. The molecule has 0 saturated carbocycles. The molecule has 2 aromatic carbocycles. The van der Waals surface area contributed by atoms with Gasteiger partial charge in [-0.05, 0) is 42.5 Å². The van der Waals surface area contributed by atoms with Crippen molar-refractivity contribution < 1.29 is 14.3 Å². The number of carbonyl (C=O) groups excluding carboxylic acids is 1. The van der Waals surface area contributed by atoms with Crippen LogP contribution in [0, 0.1) is 11.3 Å². The van der Waals surface area contributed by atoms with E-state index in [0.717, 1.165) is 0 Å². The minimum Gasteiger partial charge on any atom is -0.496 e. The summed E-state index contributed by atoms with van der Waals surface area (Å²) in [6.45, 7) is 0.167. The number of ether oxygens (including phenoxy) is 2. The minimum absolute atomic E-state index is 0.102. The number of nitrogens with zero attached hydrogens (tertiary/aromatic N) is 4. The summed E-state index contributed by atoms with van der Waals surface area (Å²) >= 11 is 7.12. The third kappa shape index (κ3) is 4.77. The number of nitriles is 1. The number of para-hydroxylation sites is 1. The summed E-state index contributed by atoms with van der Waals surface area (Å²) in [6.07, 6.45) is 0. The molecule has 0 saturated heterocycles. The quantitative estimate of drug-likeness (QED) is 0.416. The fourth-order valence-corrected chi connectivity index (χ4v) is 4.05. The Balaban J connectivity index is 1.76. The van der Waals surface area contributed by atoms with Crippen molar-refractivity contribution in [3.63, 3.8) is 0 Å². The molecule has 10 heteroatoms. The monoisotopic (exact) mass is 477 g/mol. The summed E-state index contributed by atoms with van der Waals surface area (Å²) < 4.78 is 11.1. The molecule has 2 heterocycles. The second-order valence-corrected chi connectivity index (χ2v) is 8.20. The van der Waals surface area contributed by atoms with Crippen molar-refractivity contribution in [1.82, 2.24) is 15.2 Å². The Hall–Kier alpha value is -4.00. The smallest absolute Gasteiger partial charge is 0.251 e. The summed E-state index contributed by atoms with van der Waals surface area (Å²) in [5.74, 6) is 0.406. The number of methoxy groups -OCH3 is 1. The average Bonchev–Trinajstić information content (AvgIpc) is 3.31. The number of nitrogens with two attached hydrogens (primary N) is 1. The molecule has 2 N–H and O–H groups in total. The van der Waals surface area contributed by atoms with Crippen LogP contribution in [-0.4, -0.2) is 28.2 Å². The molecule has 0 aliphatic heterocycles. The molecule has 0 atom stereocenters. The van der Waals surface area contributed by atoms with Gasteiger partial charge in [-0.2, -0.15) is 5.26 Å². The van der Waals surface area contributed by atoms with Crippen molar-refractivity contribution in [3.8, 4) is 39.4 Å². The zero-order valence-corrected chi connectivity index (χ0v) is 18.9. The van der Waals surface area contributed by atoms with E-state index in [2.05, 4.69) is 15.2 Å². The Morgan fingerprint density at radius 3 is 2.61 bits per heavy atom. The van der Waals surface area contributed by atoms with Crippen LogP contribution in [-0.2, 0) is 6.61 Å². The van der Waals surface area contributed by atoms with Crippen LogP contribution in [0.5, 0.6) is 11.5 Å². The van der Waals surface area contributed by atoms with Gasteiger partial charge in [-0.15, -0.1) is 10.2 Å². The second kappa shape index (κ2) is 9.65. The highest BCUT2D eigenvalue weighted by Crippen LogP contribution is 2.37. The Labute approximate surface area is 198 Å². The normalized spacial score (nSPS) is 10.5. The van der Waals surface area contributed by atoms with Crippen LogP contribution in [0.15, 0.2) is 54.6 Å². The van der Waals surface area contributed by atoms with Gasteiger partial charge in [0, 0.05) is 16.1 Å². The molecule has 0 spiro atoms. The van der Waals surface area contributed by atoms with Gasteiger partial charge in [0.2, 0.25) is 0 Å². The van der Waals surface area contributed by atoms with E-state index in [1.807, 2.05) is 6.07 Å². The van der Waals surface area contributed by atoms with Gasteiger partial charge in [-0.1, -0.05) is 35.1 Å². The Morgan fingerprint density at radius 2 is 1.91 bits per heavy atom. The number of benzene rings is 2. The summed E-state index contributed by atoms with van der Waals surface area (Å²) in [7, 11) is 1.51. The number of carbonyl (C=O) groups is 1. The number of primary amides is 1. The molecule has 4 rings (SSSR count). The molecular formula is C23H16ClN5O3S. The molecule has 0 bridgehead atoms. The summed E-state index contributed by atoms with van der Waals surface area (Å²) in [5, 5.41) is 19.5. The average molecular weight is 478 g/mol. The van der Waals surface area contributed by atoms with Gasteiger partial charge in [0.05, 0.1) is 18.4 Å². The molecule has 33 heavy (non-hydrogen) atoms. The molecule has 0 radical (unpaired) electrons. The highest BCUT2D eigenvalue weighted by atomic mass is 35.5. The van der Waals surface area contributed by atoms with Crippen molar-refractivity contribution in [1.29, 1.82) is 5.26 Å². The number of amides is 1. The van der Waals surface area contributed by atoms with Crippen LogP contribution < -0.4 is 15.2 Å². The zero-order chi connectivity index (χ0) is 23.4. The molecule has 0 aliphatic rings. The first kappa shape index (κ1) is 22.2. The van der Waals surface area contributed by atoms with Gasteiger partial charge in [0.25, 0.3) is 5.91 Å². The van der Waals surface area contributed by atoms with Crippen LogP contribution in [0.2, 0.25) is 5.02 Å². The van der Waals surface area contributed by atoms with E-state index in [9.17, 15) is 10.1 Å². The van der Waals surface area contributed by atoms with Gasteiger partial charge in [0.1, 0.15) is 34.9 Å². The predicted octanol–water partition coefficient (Wildman–Crippen LogP) is 4.48. The van der Waals surface area contributed by atoms with E-state index in [-0.39, 0.29) is 23.6 Å². The highest BCUT2D eigenvalue weighted by molar-refractivity contribution is 7.14. The lowest BCUT2D eigenvalue weighted by Gasteiger charge is -2.13. The standard InChI is InChI=1S/C23H16ClN5O3S/c1-31-18-5-3-2-4-16(18)21-20(22(26)30)17(10-14(11-25)27-21)23-29-28-19(33-23)12-32-15-8-6-13(24)7-9-15/h2-10H,12H2,1H3,(H2,26,30). The third-order valence-corrected chi connectivity index (χ3v) is 5.80. The topological polar surface area (TPSA) is 124 Å². The largest absolute Gasteiger partial charge is 0.496 e. The first-order chi connectivity index (χ1) is 16.0. The van der Waals surface area contributed by atoms with E-state index in [1.54, 1.807) is 48.5 Å². The molecular weight excluding hydrogens is 462 g/mol. The maximum atomic E-state index is 12.5. The lowest BCUT2D eigenvalue weighted by atomic mass is 9.99. The molecule has 2 aromatic heterocycles. The Morgan fingerprint density at radius 1 is 1.15 bits per heavy atom. The van der Waals surface area contributed by atoms with Crippen LogP contribution in [0.25, 0.3) is 21.8 Å². The van der Waals surface area contributed by atoms with Crippen molar-refractivity contribution >= 4 is 28.8 Å². The number of hydrogen-bond donors (Lipinski definition) is 1. The third-order valence-electron chi connectivity index (χ3n) is 4.62. The summed E-state index contributed by atoms with van der Waals surface area (Å²) in [5.41, 5.74) is 7.11. The zero-order valence-electron chi connectivity index (χ0n) is 17.3. The molecule has 164 valence electrons. The number of rotatable bonds is 7. The van der Waals surface area contributed by atoms with E-state index in [4.69, 9.17) is 26.8 Å². The van der Waals surface area contributed by atoms with Gasteiger partial charge in [0.15, 0.2) is 5.01 Å². The van der Waals surface area contributed by atoms with Crippen LogP contribution in [0.3, 0.4) is 0 Å². The molecule has 4 aromatic rings. The van der Waals surface area contributed by atoms with Crippen molar-refractivity contribution in [2.24, 2.45) is 5.73 Å². The molecule has 0 aliphatic carbocycles. The minimum atomic E-state index is -0.711. The summed E-state index contributed by atoms with van der Waals surface area (Å²) in [6, 6.07) is 17.5. The lowest BCUT2D eigenvalue weighted by molar-refractivity contribution is 0.100. The van der Waals surface area contributed by atoms with E-state index in [0.29, 0.717) is 37.7 Å². The number of aromatic nitrogens is 3. The first-order valence-corrected chi connectivity index (χ1v) is 10.8. The molecule has 1 amide bonds. The fraction of sp³-hybridized carbons (Fsp3) is 0.0870. The van der Waals surface area contributed by atoms with Crippen LogP contribution >= 0.6 is 22.9 Å². The highest BCUT2D eigenvalue weighted by Gasteiger charge is 2.24. The molecule has 0 fully saturated rings. The predicted molar refractivity (Wildman–Crippen MR) is 124 cm³/mol. The van der Waals surface area contributed by atoms with Gasteiger partial charge >= 0.3 is 0 Å². The maximum absolute atomic E-state index is 12.5. The van der Waals surface area contributed by atoms with Crippen LogP contribution in [0.4, 0.5) is 0 Å². The second-order valence-electron chi connectivity index (χ2n) is 6.70. The lowest BCUT2D eigenvalue weighted by Crippen LogP contribution is -2.16. The van der Waals surface area contributed by atoms with Gasteiger partial charge in [-0.25, -0.2) is 4.98 Å². The number of pyridine rings is 1. The first-order valence-electron chi connectivity index (χ1n) is 9.59. The number of hydrogen-bond acceptors (Lipinski definition) is 8. The van der Waals surface area contributed by atoms with Crippen molar-refractivity contribution in [2.45, 2.75) is 6.61 Å². The molecule has 8 nitrogen and oxygen atoms in total. The van der Waals surface area contributed by atoms with Crippen molar-refractivity contribution in [3.05, 3.63) is 75.9 Å². The SMILES string of the molecule is COc1ccccc1-c1nc(C#N)cc(-c2nnc(COc3ccc(Cl)cc3)s2)c1C(N)=O. The van der Waals surface area contributed by atoms with E-state index >= 15 is 0 Å². The van der Waals surface area contributed by atoms with Gasteiger partial charge < -0.3 is 15.2 Å². The van der Waals surface area contributed by atoms with Gasteiger partial charge in [-0.3, -0.25) is 4.79 Å².